The normalized spacial score (nSPS) is 18.8. The number of aromatic nitrogens is 3. The molecule has 1 atom stereocenters. The second-order valence-electron chi connectivity index (χ2n) is 4.94. The van der Waals surface area contributed by atoms with Crippen molar-refractivity contribution in [1.82, 2.24) is 14.8 Å². The lowest BCUT2D eigenvalue weighted by Crippen LogP contribution is -2.50. The van der Waals surface area contributed by atoms with Crippen molar-refractivity contribution >= 4 is 5.69 Å². The Bertz CT molecular complexity index is 594. The van der Waals surface area contributed by atoms with E-state index in [1.165, 1.54) is 6.33 Å². The van der Waals surface area contributed by atoms with Crippen molar-refractivity contribution in [2.75, 3.05) is 18.9 Å². The summed E-state index contributed by atoms with van der Waals surface area (Å²) in [6, 6.07) is 7.29. The minimum Gasteiger partial charge on any atom is -0.399 e. The number of benzene rings is 1. The van der Waals surface area contributed by atoms with Gasteiger partial charge in [-0.25, -0.2) is 4.39 Å². The van der Waals surface area contributed by atoms with Crippen molar-refractivity contribution in [2.24, 2.45) is 7.05 Å². The van der Waals surface area contributed by atoms with Crippen LogP contribution >= 0.6 is 0 Å². The van der Waals surface area contributed by atoms with Crippen LogP contribution in [0.25, 0.3) is 0 Å². The lowest BCUT2D eigenvalue weighted by molar-refractivity contribution is -0.102. The number of rotatable bonds is 3. The summed E-state index contributed by atoms with van der Waals surface area (Å²) in [7, 11) is 1.73. The van der Waals surface area contributed by atoms with Gasteiger partial charge in [0.1, 0.15) is 6.33 Å². The van der Waals surface area contributed by atoms with Gasteiger partial charge >= 0.3 is 0 Å². The SMILES string of the molecule is Cn1cnnc1[C@@H](F)C1(c2cccc(N)c2)COC1. The maximum atomic E-state index is 14.9. The summed E-state index contributed by atoms with van der Waals surface area (Å²) >= 11 is 0. The number of nitrogen functional groups attached to an aromatic ring is 1. The van der Waals surface area contributed by atoms with Crippen molar-refractivity contribution in [1.29, 1.82) is 0 Å². The van der Waals surface area contributed by atoms with E-state index in [1.54, 1.807) is 23.7 Å². The summed E-state index contributed by atoms with van der Waals surface area (Å²) in [5.74, 6) is 0.311. The average molecular weight is 262 g/mol. The van der Waals surface area contributed by atoms with Gasteiger partial charge in [0.15, 0.2) is 12.0 Å². The molecule has 2 aromatic rings. The quantitative estimate of drug-likeness (QED) is 0.849. The van der Waals surface area contributed by atoms with Crippen LogP contribution in [0.3, 0.4) is 0 Å². The van der Waals surface area contributed by atoms with Crippen LogP contribution in [0.5, 0.6) is 0 Å². The number of aryl methyl sites for hydroxylation is 1. The van der Waals surface area contributed by atoms with Gasteiger partial charge in [0.25, 0.3) is 0 Å². The molecule has 2 N–H and O–H groups in total. The molecular formula is C13H15FN4O. The molecule has 1 aromatic carbocycles. The second kappa shape index (κ2) is 4.31. The molecule has 100 valence electrons. The maximum Gasteiger partial charge on any atom is 0.174 e. The van der Waals surface area contributed by atoms with E-state index in [-0.39, 0.29) is 0 Å². The van der Waals surface area contributed by atoms with Crippen molar-refractivity contribution in [3.8, 4) is 0 Å². The van der Waals surface area contributed by atoms with Crippen LogP contribution in [-0.4, -0.2) is 28.0 Å². The summed E-state index contributed by atoms with van der Waals surface area (Å²) in [5.41, 5.74) is 6.54. The molecule has 0 saturated carbocycles. The molecule has 0 aliphatic carbocycles. The van der Waals surface area contributed by atoms with Crippen LogP contribution < -0.4 is 5.73 Å². The summed E-state index contributed by atoms with van der Waals surface area (Å²) < 4.78 is 21.8. The summed E-state index contributed by atoms with van der Waals surface area (Å²) in [4.78, 5) is 0. The first kappa shape index (κ1) is 12.1. The van der Waals surface area contributed by atoms with Gasteiger partial charge in [-0.15, -0.1) is 10.2 Å². The fraction of sp³-hybridized carbons (Fsp3) is 0.385. The van der Waals surface area contributed by atoms with Gasteiger partial charge in [-0.1, -0.05) is 12.1 Å². The van der Waals surface area contributed by atoms with Crippen LogP contribution in [0, 0.1) is 0 Å². The predicted octanol–water partition coefficient (Wildman–Crippen LogP) is 1.38. The van der Waals surface area contributed by atoms with Gasteiger partial charge in [-0.05, 0) is 17.7 Å². The molecule has 5 nitrogen and oxygen atoms in total. The molecule has 0 radical (unpaired) electrons. The topological polar surface area (TPSA) is 66.0 Å². The zero-order valence-electron chi connectivity index (χ0n) is 10.6. The Labute approximate surface area is 110 Å². The summed E-state index contributed by atoms with van der Waals surface area (Å²) in [5, 5.41) is 7.60. The number of hydrogen-bond donors (Lipinski definition) is 1. The van der Waals surface area contributed by atoms with E-state index >= 15 is 0 Å². The number of hydrogen-bond acceptors (Lipinski definition) is 4. The molecule has 1 aliphatic heterocycles. The first-order chi connectivity index (χ1) is 9.13. The molecule has 3 rings (SSSR count). The third-order valence-corrected chi connectivity index (χ3v) is 3.64. The molecule has 1 aliphatic rings. The van der Waals surface area contributed by atoms with E-state index in [1.807, 2.05) is 12.1 Å². The fourth-order valence-electron chi connectivity index (χ4n) is 2.40. The Morgan fingerprint density at radius 3 is 2.79 bits per heavy atom. The standard InChI is InChI=1S/C13H15FN4O/c1-18-8-16-17-12(18)11(14)13(6-19-7-13)9-3-2-4-10(15)5-9/h2-5,8,11H,6-7,15H2,1H3/t11-/m1/s1. The highest BCUT2D eigenvalue weighted by molar-refractivity contribution is 5.45. The Balaban J connectivity index is 2.02. The average Bonchev–Trinajstić information content (AvgIpc) is 2.74. The smallest absolute Gasteiger partial charge is 0.174 e. The Hall–Kier alpha value is -1.95. The van der Waals surface area contributed by atoms with E-state index in [2.05, 4.69) is 10.2 Å². The van der Waals surface area contributed by atoms with Crippen LogP contribution in [0.1, 0.15) is 17.6 Å². The monoisotopic (exact) mass is 262 g/mol. The highest BCUT2D eigenvalue weighted by Gasteiger charge is 2.50. The largest absolute Gasteiger partial charge is 0.399 e. The van der Waals surface area contributed by atoms with Crippen LogP contribution in [0.15, 0.2) is 30.6 Å². The van der Waals surface area contributed by atoms with Crippen LogP contribution in [0.4, 0.5) is 10.1 Å². The zero-order chi connectivity index (χ0) is 13.5. The third-order valence-electron chi connectivity index (χ3n) is 3.64. The van der Waals surface area contributed by atoms with Crippen LogP contribution in [0.2, 0.25) is 0 Å². The van der Waals surface area contributed by atoms with Gasteiger partial charge in [-0.3, -0.25) is 0 Å². The fourth-order valence-corrected chi connectivity index (χ4v) is 2.40. The van der Waals surface area contributed by atoms with E-state index in [0.29, 0.717) is 24.7 Å². The molecule has 19 heavy (non-hydrogen) atoms. The molecule has 0 unspecified atom stereocenters. The van der Waals surface area contributed by atoms with E-state index < -0.39 is 11.6 Å². The number of nitrogens with two attached hydrogens (primary N) is 1. The molecular weight excluding hydrogens is 247 g/mol. The molecule has 0 bridgehead atoms. The van der Waals surface area contributed by atoms with Gasteiger partial charge in [0.2, 0.25) is 0 Å². The van der Waals surface area contributed by atoms with Crippen molar-refractivity contribution in [3.05, 3.63) is 42.0 Å². The molecule has 1 fully saturated rings. The minimum atomic E-state index is -1.27. The molecule has 2 heterocycles. The van der Waals surface area contributed by atoms with Crippen molar-refractivity contribution < 1.29 is 9.13 Å². The lowest BCUT2D eigenvalue weighted by atomic mass is 9.74. The number of anilines is 1. The first-order valence-electron chi connectivity index (χ1n) is 6.05. The van der Waals surface area contributed by atoms with Crippen molar-refractivity contribution in [2.45, 2.75) is 11.6 Å². The molecule has 6 heteroatoms. The lowest BCUT2D eigenvalue weighted by Gasteiger charge is -2.43. The van der Waals surface area contributed by atoms with E-state index in [4.69, 9.17) is 10.5 Å². The third kappa shape index (κ3) is 1.79. The second-order valence-corrected chi connectivity index (χ2v) is 4.94. The Morgan fingerprint density at radius 1 is 1.47 bits per heavy atom. The molecule has 0 spiro atoms. The Kier molecular flexibility index (Phi) is 2.74. The highest BCUT2D eigenvalue weighted by Crippen LogP contribution is 2.45. The van der Waals surface area contributed by atoms with Gasteiger partial charge in [0, 0.05) is 12.7 Å². The summed E-state index contributed by atoms with van der Waals surface area (Å²) in [6.07, 6.45) is 0.227. The van der Waals surface area contributed by atoms with E-state index in [0.717, 1.165) is 5.56 Å². The van der Waals surface area contributed by atoms with Gasteiger partial charge in [0.05, 0.1) is 18.6 Å². The number of halogens is 1. The number of alkyl halides is 1. The molecule has 0 amide bonds. The first-order valence-corrected chi connectivity index (χ1v) is 6.05. The highest BCUT2D eigenvalue weighted by atomic mass is 19.1. The zero-order valence-corrected chi connectivity index (χ0v) is 10.6. The minimum absolute atomic E-state index is 0.311. The number of nitrogens with zero attached hydrogens (tertiary/aromatic N) is 3. The predicted molar refractivity (Wildman–Crippen MR) is 68.2 cm³/mol. The van der Waals surface area contributed by atoms with Crippen molar-refractivity contribution in [3.63, 3.8) is 0 Å². The van der Waals surface area contributed by atoms with Gasteiger partial charge < -0.3 is 15.0 Å². The van der Waals surface area contributed by atoms with E-state index in [9.17, 15) is 4.39 Å². The summed E-state index contributed by atoms with van der Waals surface area (Å²) in [6.45, 7) is 0.648. The maximum absolute atomic E-state index is 14.9. The molecule has 1 aromatic heterocycles. The number of ether oxygens (including phenoxy) is 1. The molecule has 1 saturated heterocycles. The van der Waals surface area contributed by atoms with Gasteiger partial charge in [-0.2, -0.15) is 0 Å². The van der Waals surface area contributed by atoms with Crippen LogP contribution in [-0.2, 0) is 17.2 Å². The Morgan fingerprint density at radius 2 is 2.26 bits per heavy atom.